The maximum atomic E-state index is 11.8. The predicted octanol–water partition coefficient (Wildman–Crippen LogP) is 2.45. The lowest BCUT2D eigenvalue weighted by molar-refractivity contribution is -0.380. The van der Waals surface area contributed by atoms with Gasteiger partial charge in [0.25, 0.3) is 5.91 Å². The van der Waals surface area contributed by atoms with Crippen LogP contribution < -0.4 is 5.32 Å². The molecule has 8 nitrogen and oxygen atoms in total. The van der Waals surface area contributed by atoms with Crippen molar-refractivity contribution in [3.63, 3.8) is 0 Å². The van der Waals surface area contributed by atoms with E-state index in [0.29, 0.717) is 22.5 Å². The SMILES string of the molecule is Cc1cc(CNC(=O)COC(=O)c2ccc([N+](=O)[O-])s2)cc(C)c1O. The quantitative estimate of drug-likeness (QED) is 0.462. The molecule has 1 amide bonds. The summed E-state index contributed by atoms with van der Waals surface area (Å²) in [7, 11) is 0. The monoisotopic (exact) mass is 364 g/mol. The highest BCUT2D eigenvalue weighted by Crippen LogP contribution is 2.24. The molecule has 0 aliphatic heterocycles. The van der Waals surface area contributed by atoms with Crippen molar-refractivity contribution < 1.29 is 24.4 Å². The highest BCUT2D eigenvalue weighted by molar-refractivity contribution is 7.17. The number of aryl methyl sites for hydroxylation is 2. The fraction of sp³-hybridized carbons (Fsp3) is 0.250. The molecule has 2 rings (SSSR count). The van der Waals surface area contributed by atoms with E-state index < -0.39 is 23.4 Å². The van der Waals surface area contributed by atoms with Crippen LogP contribution in [0.5, 0.6) is 5.75 Å². The van der Waals surface area contributed by atoms with Crippen LogP contribution in [0.25, 0.3) is 0 Å². The Kier molecular flexibility index (Phi) is 5.71. The normalized spacial score (nSPS) is 10.3. The Morgan fingerprint density at radius 2 is 1.92 bits per heavy atom. The Hall–Kier alpha value is -2.94. The Morgan fingerprint density at radius 3 is 2.48 bits per heavy atom. The van der Waals surface area contributed by atoms with Gasteiger partial charge in [-0.25, -0.2) is 4.79 Å². The van der Waals surface area contributed by atoms with E-state index in [1.165, 1.54) is 12.1 Å². The van der Waals surface area contributed by atoms with Crippen molar-refractivity contribution in [3.05, 3.63) is 55.9 Å². The van der Waals surface area contributed by atoms with E-state index in [4.69, 9.17) is 4.74 Å². The van der Waals surface area contributed by atoms with Gasteiger partial charge in [-0.1, -0.05) is 23.5 Å². The van der Waals surface area contributed by atoms with Crippen LogP contribution in [0.1, 0.15) is 26.4 Å². The molecule has 0 aliphatic carbocycles. The molecular weight excluding hydrogens is 348 g/mol. The molecule has 0 spiro atoms. The van der Waals surface area contributed by atoms with E-state index in [2.05, 4.69) is 5.32 Å². The number of phenolic OH excluding ortho intramolecular Hbond substituents is 1. The summed E-state index contributed by atoms with van der Waals surface area (Å²) < 4.78 is 4.83. The second kappa shape index (κ2) is 7.75. The number of hydrogen-bond acceptors (Lipinski definition) is 7. The third-order valence-electron chi connectivity index (χ3n) is 3.35. The number of nitrogens with one attached hydrogen (secondary N) is 1. The molecule has 132 valence electrons. The van der Waals surface area contributed by atoms with Gasteiger partial charge in [-0.3, -0.25) is 14.9 Å². The summed E-state index contributed by atoms with van der Waals surface area (Å²) in [5.41, 5.74) is 2.21. The predicted molar refractivity (Wildman–Crippen MR) is 90.7 cm³/mol. The molecule has 0 radical (unpaired) electrons. The number of esters is 1. The topological polar surface area (TPSA) is 119 Å². The van der Waals surface area contributed by atoms with Crippen molar-refractivity contribution in [2.45, 2.75) is 20.4 Å². The molecule has 0 unspecified atom stereocenters. The fourth-order valence-electron chi connectivity index (χ4n) is 2.14. The van der Waals surface area contributed by atoms with Gasteiger partial charge in [0, 0.05) is 12.6 Å². The van der Waals surface area contributed by atoms with Crippen molar-refractivity contribution >= 4 is 28.2 Å². The minimum atomic E-state index is -0.787. The zero-order valence-corrected chi connectivity index (χ0v) is 14.4. The second-order valence-electron chi connectivity index (χ2n) is 5.33. The molecule has 0 fully saturated rings. The van der Waals surface area contributed by atoms with Crippen LogP contribution in [0.3, 0.4) is 0 Å². The van der Waals surface area contributed by atoms with Gasteiger partial charge in [-0.05, 0) is 36.6 Å². The number of nitro groups is 1. The first kappa shape index (κ1) is 18.4. The number of benzene rings is 1. The first-order valence-corrected chi connectivity index (χ1v) is 8.06. The lowest BCUT2D eigenvalue weighted by Crippen LogP contribution is -2.28. The molecule has 25 heavy (non-hydrogen) atoms. The van der Waals surface area contributed by atoms with Crippen molar-refractivity contribution in [2.24, 2.45) is 0 Å². The van der Waals surface area contributed by atoms with Gasteiger partial charge in [-0.15, -0.1) is 0 Å². The summed E-state index contributed by atoms with van der Waals surface area (Å²) in [5.74, 6) is -1.07. The smallest absolute Gasteiger partial charge is 0.349 e. The van der Waals surface area contributed by atoms with Gasteiger partial charge < -0.3 is 15.2 Å². The van der Waals surface area contributed by atoms with Crippen molar-refractivity contribution in [3.8, 4) is 5.75 Å². The molecule has 1 aromatic heterocycles. The van der Waals surface area contributed by atoms with Crippen LogP contribution in [-0.4, -0.2) is 28.5 Å². The van der Waals surface area contributed by atoms with Crippen LogP contribution in [0.2, 0.25) is 0 Å². The van der Waals surface area contributed by atoms with Gasteiger partial charge in [-0.2, -0.15) is 0 Å². The fourth-order valence-corrected chi connectivity index (χ4v) is 2.85. The average molecular weight is 364 g/mol. The molecule has 9 heteroatoms. The van der Waals surface area contributed by atoms with E-state index in [0.717, 1.165) is 5.56 Å². The number of carbonyl (C=O) groups is 2. The zero-order chi connectivity index (χ0) is 18.6. The summed E-state index contributed by atoms with van der Waals surface area (Å²) >= 11 is 0.687. The number of rotatable bonds is 6. The minimum Gasteiger partial charge on any atom is -0.507 e. The number of thiophene rings is 1. The number of aromatic hydroxyl groups is 1. The van der Waals surface area contributed by atoms with Crippen LogP contribution >= 0.6 is 11.3 Å². The number of nitrogens with zero attached hydrogens (tertiary/aromatic N) is 1. The van der Waals surface area contributed by atoms with Crippen LogP contribution in [0.4, 0.5) is 5.00 Å². The Morgan fingerprint density at radius 1 is 1.28 bits per heavy atom. The van der Waals surface area contributed by atoms with Crippen LogP contribution in [0, 0.1) is 24.0 Å². The molecule has 1 aromatic carbocycles. The molecule has 0 aliphatic rings. The Balaban J connectivity index is 1.84. The lowest BCUT2D eigenvalue weighted by atomic mass is 10.1. The molecule has 2 N–H and O–H groups in total. The third kappa shape index (κ3) is 4.77. The van der Waals surface area contributed by atoms with Gasteiger partial charge >= 0.3 is 11.0 Å². The van der Waals surface area contributed by atoms with Gasteiger partial charge in [0.05, 0.1) is 4.92 Å². The second-order valence-corrected chi connectivity index (χ2v) is 6.39. The van der Waals surface area contributed by atoms with Crippen molar-refractivity contribution in [2.75, 3.05) is 6.61 Å². The number of hydrogen-bond donors (Lipinski definition) is 2. The molecule has 0 atom stereocenters. The van der Waals surface area contributed by atoms with Gasteiger partial charge in [0.15, 0.2) is 6.61 Å². The highest BCUT2D eigenvalue weighted by Gasteiger charge is 2.17. The number of amides is 1. The largest absolute Gasteiger partial charge is 0.507 e. The molecule has 0 saturated carbocycles. The van der Waals surface area contributed by atoms with E-state index >= 15 is 0 Å². The summed E-state index contributed by atoms with van der Waals surface area (Å²) in [5, 5.41) is 22.7. The standard InChI is InChI=1S/C16H16N2O6S/c1-9-5-11(6-10(2)15(9)20)7-17-13(19)8-24-16(21)12-3-4-14(25-12)18(22)23/h3-6,20H,7-8H2,1-2H3,(H,17,19). The maximum absolute atomic E-state index is 11.8. The number of ether oxygens (including phenoxy) is 1. The molecule has 2 aromatic rings. The summed E-state index contributed by atoms with van der Waals surface area (Å²) in [4.78, 5) is 33.5. The minimum absolute atomic E-state index is 0.0595. The molecule has 0 bridgehead atoms. The lowest BCUT2D eigenvalue weighted by Gasteiger charge is -2.09. The molecular formula is C16H16N2O6S. The third-order valence-corrected chi connectivity index (χ3v) is 4.36. The first-order chi connectivity index (χ1) is 11.8. The summed E-state index contributed by atoms with van der Waals surface area (Å²) in [6.45, 7) is 3.26. The first-order valence-electron chi connectivity index (χ1n) is 7.25. The number of phenols is 1. The Labute approximate surface area is 147 Å². The van der Waals surface area contributed by atoms with Gasteiger partial charge in [0.2, 0.25) is 0 Å². The number of carbonyl (C=O) groups excluding carboxylic acids is 2. The van der Waals surface area contributed by atoms with Crippen LogP contribution in [0.15, 0.2) is 24.3 Å². The molecule has 0 saturated heterocycles. The van der Waals surface area contributed by atoms with E-state index in [9.17, 15) is 24.8 Å². The Bertz CT molecular complexity index is 807. The maximum Gasteiger partial charge on any atom is 0.349 e. The zero-order valence-electron chi connectivity index (χ0n) is 13.6. The van der Waals surface area contributed by atoms with Crippen molar-refractivity contribution in [1.29, 1.82) is 0 Å². The van der Waals surface area contributed by atoms with E-state index in [1.807, 2.05) is 0 Å². The highest BCUT2D eigenvalue weighted by atomic mass is 32.1. The van der Waals surface area contributed by atoms with Gasteiger partial charge in [0.1, 0.15) is 10.6 Å². The average Bonchev–Trinajstić information content (AvgIpc) is 3.06. The molecule has 1 heterocycles. The summed E-state index contributed by atoms with van der Waals surface area (Å²) in [6.07, 6.45) is 0. The van der Waals surface area contributed by atoms with E-state index in [-0.39, 0.29) is 22.2 Å². The van der Waals surface area contributed by atoms with Crippen LogP contribution in [-0.2, 0) is 16.1 Å². The van der Waals surface area contributed by atoms with Crippen molar-refractivity contribution in [1.82, 2.24) is 5.32 Å². The van der Waals surface area contributed by atoms with E-state index in [1.54, 1.807) is 26.0 Å². The summed E-state index contributed by atoms with van der Waals surface area (Å²) in [6, 6.07) is 5.99.